The Hall–Kier alpha value is -3.82. The quantitative estimate of drug-likeness (QED) is 0.471. The summed E-state index contributed by atoms with van der Waals surface area (Å²) in [6.45, 7) is 0.242. The van der Waals surface area contributed by atoms with E-state index in [2.05, 4.69) is 21.7 Å². The van der Waals surface area contributed by atoms with Gasteiger partial charge in [0.15, 0.2) is 0 Å². The summed E-state index contributed by atoms with van der Waals surface area (Å²) in [5.74, 6) is -6.40. The number of halogens is 2. The minimum absolute atomic E-state index is 0.0865. The molecule has 5 rings (SSSR count). The Morgan fingerprint density at radius 3 is 2.60 bits per heavy atom. The van der Waals surface area contributed by atoms with Crippen LogP contribution in [0.15, 0.2) is 18.3 Å². The second kappa shape index (κ2) is 10.3. The van der Waals surface area contributed by atoms with Crippen molar-refractivity contribution in [2.24, 2.45) is 11.8 Å². The molecule has 3 heterocycles. The van der Waals surface area contributed by atoms with E-state index in [1.165, 1.54) is 23.0 Å². The van der Waals surface area contributed by atoms with Crippen LogP contribution in [0.2, 0.25) is 0 Å². The molecule has 1 aromatic rings. The number of carbonyl (C=O) groups excluding carboxylic acids is 4. The molecule has 4 atom stereocenters. The summed E-state index contributed by atoms with van der Waals surface area (Å²) < 4.78 is 33.3. The molecule has 1 aromatic heterocycles. The van der Waals surface area contributed by atoms with Crippen LogP contribution < -0.4 is 15.4 Å². The lowest BCUT2D eigenvalue weighted by molar-refractivity contribution is -0.150. The summed E-state index contributed by atoms with van der Waals surface area (Å²) in [4.78, 5) is 59.4. The topological polar surface area (TPSA) is 145 Å². The van der Waals surface area contributed by atoms with Crippen LogP contribution in [0.1, 0.15) is 51.9 Å². The Kier molecular flexibility index (Phi) is 7.14. The zero-order valence-corrected chi connectivity index (χ0v) is 22.4. The normalized spacial score (nSPS) is 25.2. The van der Waals surface area contributed by atoms with E-state index in [0.717, 1.165) is 25.7 Å². The number of nitriles is 1. The van der Waals surface area contributed by atoms with Gasteiger partial charge in [0.1, 0.15) is 23.8 Å². The maximum absolute atomic E-state index is 14.0. The second-order valence-corrected chi connectivity index (χ2v) is 11.5. The highest BCUT2D eigenvalue weighted by molar-refractivity contribution is 6.02. The number of fused-ring (bicyclic) bond motifs is 1. The van der Waals surface area contributed by atoms with Gasteiger partial charge in [-0.25, -0.2) is 4.98 Å². The summed E-state index contributed by atoms with van der Waals surface area (Å²) in [5.41, 5.74) is -1.14. The van der Waals surface area contributed by atoms with E-state index in [1.54, 1.807) is 12.1 Å². The predicted octanol–water partition coefficient (Wildman–Crippen LogP) is 1.84. The van der Waals surface area contributed by atoms with Gasteiger partial charge in [-0.3, -0.25) is 19.2 Å². The van der Waals surface area contributed by atoms with Gasteiger partial charge in [-0.15, -0.1) is 0 Å². The van der Waals surface area contributed by atoms with Crippen LogP contribution in [0.3, 0.4) is 0 Å². The van der Waals surface area contributed by atoms with Crippen molar-refractivity contribution in [2.75, 3.05) is 18.9 Å². The molecule has 11 nitrogen and oxygen atoms in total. The third-order valence-corrected chi connectivity index (χ3v) is 8.10. The molecule has 2 aliphatic carbocycles. The van der Waals surface area contributed by atoms with Crippen LogP contribution in [0.4, 0.5) is 14.5 Å². The molecule has 1 saturated heterocycles. The molecule has 0 bridgehead atoms. The molecule has 1 spiro atoms. The van der Waals surface area contributed by atoms with Crippen LogP contribution >= 0.6 is 0 Å². The van der Waals surface area contributed by atoms with E-state index in [4.69, 9.17) is 4.74 Å². The monoisotopic (exact) mass is 558 g/mol. The van der Waals surface area contributed by atoms with E-state index in [9.17, 15) is 33.2 Å². The van der Waals surface area contributed by atoms with Gasteiger partial charge in [0.25, 0.3) is 11.8 Å². The number of nitrogens with zero attached hydrogens (tertiary/aromatic N) is 4. The van der Waals surface area contributed by atoms with Crippen molar-refractivity contribution in [3.05, 3.63) is 18.3 Å². The van der Waals surface area contributed by atoms with Crippen molar-refractivity contribution >= 4 is 29.3 Å². The van der Waals surface area contributed by atoms with Crippen molar-refractivity contribution in [1.82, 2.24) is 20.1 Å². The SMILES string of the molecule is CN(C(=O)[C@H](CC1CC1)NC(=O)C(C)(F)F)[C@@H](CC1CC1)C(=O)N1C[C@@]2(C[C@H]1C#N)Oc1ncccc1NC2=O. The average Bonchev–Trinajstić information content (AvgIpc) is 3.85. The minimum atomic E-state index is -3.66. The Morgan fingerprint density at radius 2 is 1.98 bits per heavy atom. The van der Waals surface area contributed by atoms with Gasteiger partial charge >= 0.3 is 5.92 Å². The lowest BCUT2D eigenvalue weighted by Gasteiger charge is -2.35. The fraction of sp³-hybridized carbons (Fsp3) is 0.630. The summed E-state index contributed by atoms with van der Waals surface area (Å²) >= 11 is 0. The first-order valence-electron chi connectivity index (χ1n) is 13.5. The molecule has 2 aliphatic heterocycles. The summed E-state index contributed by atoms with van der Waals surface area (Å²) in [6.07, 6.45) is 5.33. The summed E-state index contributed by atoms with van der Waals surface area (Å²) in [6, 6.07) is 2.12. The van der Waals surface area contributed by atoms with Gasteiger partial charge < -0.3 is 25.2 Å². The van der Waals surface area contributed by atoms with E-state index in [0.29, 0.717) is 19.0 Å². The van der Waals surface area contributed by atoms with Crippen molar-refractivity contribution in [3.8, 4) is 11.9 Å². The number of aromatic nitrogens is 1. The molecule has 3 fully saturated rings. The van der Waals surface area contributed by atoms with Gasteiger partial charge in [0.2, 0.25) is 23.3 Å². The van der Waals surface area contributed by atoms with Gasteiger partial charge in [-0.05, 0) is 36.8 Å². The summed E-state index contributed by atoms with van der Waals surface area (Å²) in [7, 11) is 1.42. The van der Waals surface area contributed by atoms with Crippen molar-refractivity contribution in [2.45, 2.75) is 81.5 Å². The average molecular weight is 559 g/mol. The lowest BCUT2D eigenvalue weighted by Crippen LogP contribution is -2.58. The lowest BCUT2D eigenvalue weighted by atomic mass is 9.97. The largest absolute Gasteiger partial charge is 0.457 e. The van der Waals surface area contributed by atoms with Crippen molar-refractivity contribution in [1.29, 1.82) is 5.26 Å². The minimum Gasteiger partial charge on any atom is -0.457 e. The third kappa shape index (κ3) is 5.57. The molecule has 0 radical (unpaired) electrons. The zero-order valence-electron chi connectivity index (χ0n) is 22.4. The molecular formula is C27H32F2N6O5. The van der Waals surface area contributed by atoms with E-state index in [-0.39, 0.29) is 37.1 Å². The molecule has 4 aliphatic rings. The number of carbonyl (C=O) groups is 4. The van der Waals surface area contributed by atoms with Gasteiger partial charge in [0, 0.05) is 26.6 Å². The van der Waals surface area contributed by atoms with Gasteiger partial charge in [0.05, 0.1) is 12.6 Å². The molecule has 13 heteroatoms. The Labute approximate surface area is 230 Å². The number of ether oxygens (including phenoxy) is 1. The van der Waals surface area contributed by atoms with Crippen LogP contribution in [0.5, 0.6) is 5.88 Å². The molecule has 40 heavy (non-hydrogen) atoms. The van der Waals surface area contributed by atoms with Gasteiger partial charge in [-0.2, -0.15) is 14.0 Å². The molecule has 2 N–H and O–H groups in total. The van der Waals surface area contributed by atoms with Crippen LogP contribution in [-0.4, -0.2) is 81.7 Å². The Bertz CT molecular complexity index is 1260. The summed E-state index contributed by atoms with van der Waals surface area (Å²) in [5, 5.41) is 14.9. The van der Waals surface area contributed by atoms with Crippen LogP contribution in [0, 0.1) is 23.2 Å². The first-order chi connectivity index (χ1) is 18.9. The number of amides is 4. The first kappa shape index (κ1) is 27.7. The standard InChI is InChI=1S/C27H32F2N6O5/c1-26(28,29)24(38)33-19(10-15-5-6-15)22(36)34(2)20(11-16-7-8-16)23(37)35-14-27(12-17(35)13-30)25(39)32-18-4-3-9-31-21(18)40-27/h3-4,9,15-17,19-20H,5-8,10-12,14H2,1-2H3,(H,32,39)(H,33,38)/t17-,19-,20-,27+/m0/s1. The maximum Gasteiger partial charge on any atom is 0.321 e. The molecular weight excluding hydrogens is 526 g/mol. The Balaban J connectivity index is 1.37. The molecule has 0 aromatic carbocycles. The van der Waals surface area contributed by atoms with Crippen LogP contribution in [-0.2, 0) is 19.2 Å². The smallest absolute Gasteiger partial charge is 0.321 e. The maximum atomic E-state index is 14.0. The fourth-order valence-electron chi connectivity index (χ4n) is 5.37. The number of pyridine rings is 1. The van der Waals surface area contributed by atoms with Crippen molar-refractivity contribution in [3.63, 3.8) is 0 Å². The van der Waals surface area contributed by atoms with Gasteiger partial charge in [-0.1, -0.05) is 25.7 Å². The van der Waals surface area contributed by atoms with E-state index >= 15 is 0 Å². The fourth-order valence-corrected chi connectivity index (χ4v) is 5.37. The number of hydrogen-bond acceptors (Lipinski definition) is 7. The van der Waals surface area contributed by atoms with E-state index < -0.39 is 53.3 Å². The predicted molar refractivity (Wildman–Crippen MR) is 136 cm³/mol. The highest BCUT2D eigenvalue weighted by Gasteiger charge is 2.57. The first-order valence-corrected chi connectivity index (χ1v) is 13.5. The molecule has 4 amide bonds. The van der Waals surface area contributed by atoms with Crippen molar-refractivity contribution < 1.29 is 32.7 Å². The highest BCUT2D eigenvalue weighted by atomic mass is 19.3. The number of likely N-dealkylation sites (N-methyl/N-ethyl adjacent to an activating group) is 1. The zero-order chi connectivity index (χ0) is 28.8. The van der Waals surface area contributed by atoms with Crippen LogP contribution in [0.25, 0.3) is 0 Å². The number of rotatable bonds is 9. The molecule has 214 valence electrons. The number of hydrogen-bond donors (Lipinski definition) is 2. The van der Waals surface area contributed by atoms with E-state index in [1.807, 2.05) is 0 Å². The molecule has 0 unspecified atom stereocenters. The highest BCUT2D eigenvalue weighted by Crippen LogP contribution is 2.41. The number of nitrogens with one attached hydrogen (secondary N) is 2. The Morgan fingerprint density at radius 1 is 1.30 bits per heavy atom. The molecule has 2 saturated carbocycles. The number of anilines is 1. The number of alkyl halides is 2. The second-order valence-electron chi connectivity index (χ2n) is 11.5. The number of likely N-dealkylation sites (tertiary alicyclic amines) is 1. The third-order valence-electron chi connectivity index (χ3n) is 8.10.